The summed E-state index contributed by atoms with van der Waals surface area (Å²) < 4.78 is 11.6. The van der Waals surface area contributed by atoms with Crippen LogP contribution in [0.2, 0.25) is 0 Å². The summed E-state index contributed by atoms with van der Waals surface area (Å²) in [6.45, 7) is 12.1. The maximum atomic E-state index is 12.7. The SMILES string of the molecule is CCCCCCCCC=CCCCCCCCC(=O)OC(C)(OC(=O)CCCCCCC/C=C\CCCCCCCC)C(C)(C)C. The molecule has 1 atom stereocenters. The van der Waals surface area contributed by atoms with Gasteiger partial charge in [0.25, 0.3) is 5.79 Å². The smallest absolute Gasteiger partial charge is 0.309 e. The van der Waals surface area contributed by atoms with Crippen LogP contribution in [0.25, 0.3) is 0 Å². The lowest BCUT2D eigenvalue weighted by atomic mass is 9.86. The standard InChI is InChI=1S/C42H78O4/c1-7-9-11-13-15-17-19-21-23-25-27-29-31-33-35-37-39(43)45-42(6,41(3,4)5)46-40(44)38-36-34-32-30-28-26-24-22-20-18-16-14-12-10-8-2/h21-24H,7-20,25-38H2,1-6H3/b23-21-,24-22?. The van der Waals surface area contributed by atoms with Crippen molar-refractivity contribution >= 4 is 11.9 Å². The van der Waals surface area contributed by atoms with Gasteiger partial charge >= 0.3 is 11.9 Å². The summed E-state index contributed by atoms with van der Waals surface area (Å²) in [4.78, 5) is 25.4. The van der Waals surface area contributed by atoms with Crippen LogP contribution < -0.4 is 0 Å². The molecule has 0 aromatic rings. The molecule has 0 aromatic carbocycles. The number of unbranched alkanes of at least 4 members (excludes halogenated alkanes) is 22. The van der Waals surface area contributed by atoms with Gasteiger partial charge in [0.1, 0.15) is 0 Å². The average Bonchev–Trinajstić information content (AvgIpc) is 3.00. The molecular weight excluding hydrogens is 568 g/mol. The van der Waals surface area contributed by atoms with Crippen molar-refractivity contribution in [1.82, 2.24) is 0 Å². The Morgan fingerprint density at radius 3 is 0.957 bits per heavy atom. The Morgan fingerprint density at radius 2 is 0.674 bits per heavy atom. The minimum Gasteiger partial charge on any atom is -0.422 e. The Hall–Kier alpha value is -1.58. The van der Waals surface area contributed by atoms with Crippen molar-refractivity contribution in [2.24, 2.45) is 5.41 Å². The first-order valence-corrected chi connectivity index (χ1v) is 19.9. The zero-order valence-corrected chi connectivity index (χ0v) is 31.7. The first-order chi connectivity index (χ1) is 22.2. The molecule has 0 bridgehead atoms. The molecule has 4 nitrogen and oxygen atoms in total. The first-order valence-electron chi connectivity index (χ1n) is 19.9. The van der Waals surface area contributed by atoms with Crippen molar-refractivity contribution in [1.29, 1.82) is 0 Å². The largest absolute Gasteiger partial charge is 0.422 e. The van der Waals surface area contributed by atoms with Gasteiger partial charge in [-0.15, -0.1) is 0 Å². The number of carbonyl (C=O) groups is 2. The van der Waals surface area contributed by atoms with E-state index in [1.807, 2.05) is 20.8 Å². The zero-order valence-electron chi connectivity index (χ0n) is 31.7. The zero-order chi connectivity index (χ0) is 34.2. The highest BCUT2D eigenvalue weighted by atomic mass is 16.7. The molecular formula is C42H78O4. The lowest BCUT2D eigenvalue weighted by molar-refractivity contribution is -0.256. The second-order valence-corrected chi connectivity index (χ2v) is 14.8. The van der Waals surface area contributed by atoms with Gasteiger partial charge in [-0.1, -0.05) is 162 Å². The highest BCUT2D eigenvalue weighted by Gasteiger charge is 2.45. The van der Waals surface area contributed by atoms with Crippen LogP contribution in [0.4, 0.5) is 0 Å². The molecule has 0 spiro atoms. The molecule has 0 aromatic heterocycles. The van der Waals surface area contributed by atoms with Crippen molar-refractivity contribution in [3.63, 3.8) is 0 Å². The maximum Gasteiger partial charge on any atom is 0.309 e. The van der Waals surface area contributed by atoms with Crippen LogP contribution in [0.5, 0.6) is 0 Å². The molecule has 0 aliphatic carbocycles. The molecule has 0 amide bonds. The van der Waals surface area contributed by atoms with Gasteiger partial charge in [0, 0.05) is 25.2 Å². The van der Waals surface area contributed by atoms with Gasteiger partial charge in [-0.3, -0.25) is 9.59 Å². The predicted molar refractivity (Wildman–Crippen MR) is 199 cm³/mol. The number of allylic oxidation sites excluding steroid dienone is 4. The first kappa shape index (κ1) is 44.4. The van der Waals surface area contributed by atoms with Gasteiger partial charge in [0.05, 0.1) is 0 Å². The van der Waals surface area contributed by atoms with Crippen LogP contribution in [0.15, 0.2) is 24.3 Å². The van der Waals surface area contributed by atoms with Crippen LogP contribution >= 0.6 is 0 Å². The fourth-order valence-corrected chi connectivity index (χ4v) is 5.54. The number of ether oxygens (including phenoxy) is 2. The topological polar surface area (TPSA) is 52.6 Å². The third-order valence-electron chi connectivity index (χ3n) is 9.26. The van der Waals surface area contributed by atoms with Gasteiger partial charge in [-0.2, -0.15) is 0 Å². The number of rotatable bonds is 32. The van der Waals surface area contributed by atoms with Gasteiger partial charge < -0.3 is 9.47 Å². The van der Waals surface area contributed by atoms with Crippen LogP contribution in [0, 0.1) is 5.41 Å². The maximum absolute atomic E-state index is 12.7. The Kier molecular flexibility index (Phi) is 29.7. The van der Waals surface area contributed by atoms with E-state index in [2.05, 4.69) is 38.2 Å². The molecule has 4 heteroatoms. The van der Waals surface area contributed by atoms with Crippen molar-refractivity contribution in [2.45, 2.75) is 227 Å². The third-order valence-corrected chi connectivity index (χ3v) is 9.26. The van der Waals surface area contributed by atoms with Crippen LogP contribution in [0.3, 0.4) is 0 Å². The second kappa shape index (κ2) is 30.7. The van der Waals surface area contributed by atoms with E-state index in [9.17, 15) is 9.59 Å². The molecule has 0 saturated heterocycles. The normalized spacial score (nSPS) is 13.4. The minimum atomic E-state index is -1.26. The van der Waals surface area contributed by atoms with E-state index in [1.54, 1.807) is 6.92 Å². The molecule has 0 aliphatic rings. The molecule has 0 heterocycles. The highest BCUT2D eigenvalue weighted by molar-refractivity contribution is 5.72. The Morgan fingerprint density at radius 1 is 0.413 bits per heavy atom. The minimum absolute atomic E-state index is 0.274. The van der Waals surface area contributed by atoms with Crippen LogP contribution in [0.1, 0.15) is 221 Å². The van der Waals surface area contributed by atoms with Gasteiger partial charge in [-0.05, 0) is 64.2 Å². The van der Waals surface area contributed by atoms with Gasteiger partial charge in [-0.25, -0.2) is 0 Å². The molecule has 0 N–H and O–H groups in total. The number of hydrogen-bond acceptors (Lipinski definition) is 4. The molecule has 0 aliphatic heterocycles. The lowest BCUT2D eigenvalue weighted by Crippen LogP contribution is -2.48. The monoisotopic (exact) mass is 647 g/mol. The summed E-state index contributed by atoms with van der Waals surface area (Å²) in [5.74, 6) is -1.81. The molecule has 0 fully saturated rings. The number of carbonyl (C=O) groups excluding carboxylic acids is 2. The van der Waals surface area contributed by atoms with Crippen LogP contribution in [-0.2, 0) is 19.1 Å². The fourth-order valence-electron chi connectivity index (χ4n) is 5.54. The van der Waals surface area contributed by atoms with Gasteiger partial charge in [0.2, 0.25) is 0 Å². The number of hydrogen-bond donors (Lipinski definition) is 0. The van der Waals surface area contributed by atoms with Crippen LogP contribution in [-0.4, -0.2) is 17.7 Å². The van der Waals surface area contributed by atoms with E-state index in [0.717, 1.165) is 51.4 Å². The van der Waals surface area contributed by atoms with E-state index in [-0.39, 0.29) is 11.9 Å². The summed E-state index contributed by atoms with van der Waals surface area (Å²) in [7, 11) is 0. The summed E-state index contributed by atoms with van der Waals surface area (Å²) in [5, 5.41) is 0. The quantitative estimate of drug-likeness (QED) is 0.0316. The summed E-state index contributed by atoms with van der Waals surface area (Å²) in [6.07, 6.45) is 42.0. The van der Waals surface area contributed by atoms with E-state index in [0.29, 0.717) is 12.8 Å². The van der Waals surface area contributed by atoms with Crippen molar-refractivity contribution in [3.05, 3.63) is 24.3 Å². The van der Waals surface area contributed by atoms with Crippen molar-refractivity contribution in [3.8, 4) is 0 Å². The molecule has 270 valence electrons. The molecule has 0 radical (unpaired) electrons. The second-order valence-electron chi connectivity index (χ2n) is 14.8. The van der Waals surface area contributed by atoms with E-state index in [1.165, 1.54) is 116 Å². The van der Waals surface area contributed by atoms with Gasteiger partial charge in [0.15, 0.2) is 0 Å². The predicted octanol–water partition coefficient (Wildman–Crippen LogP) is 13.9. The van der Waals surface area contributed by atoms with Crippen molar-refractivity contribution < 1.29 is 19.1 Å². The summed E-state index contributed by atoms with van der Waals surface area (Å²) in [5.41, 5.74) is -0.510. The van der Waals surface area contributed by atoms with Crippen molar-refractivity contribution in [2.75, 3.05) is 0 Å². The highest BCUT2D eigenvalue weighted by Crippen LogP contribution is 2.36. The Labute approximate surface area is 287 Å². The summed E-state index contributed by atoms with van der Waals surface area (Å²) >= 11 is 0. The summed E-state index contributed by atoms with van der Waals surface area (Å²) in [6, 6.07) is 0. The molecule has 0 saturated carbocycles. The third kappa shape index (κ3) is 27.5. The Bertz CT molecular complexity index is 706. The molecule has 46 heavy (non-hydrogen) atoms. The average molecular weight is 647 g/mol. The van der Waals surface area contributed by atoms with E-state index in [4.69, 9.17) is 9.47 Å². The molecule has 0 rings (SSSR count). The molecule has 1 unspecified atom stereocenters. The fraction of sp³-hybridized carbons (Fsp3) is 0.857. The van der Waals surface area contributed by atoms with E-state index < -0.39 is 11.2 Å². The number of esters is 2. The van der Waals surface area contributed by atoms with E-state index >= 15 is 0 Å². The Balaban J connectivity index is 3.98. The lowest BCUT2D eigenvalue weighted by Gasteiger charge is -2.39.